The number of fused-ring (bicyclic) bond motifs is 5. The second kappa shape index (κ2) is 8.50. The number of carbonyl (C=O) groups excluding carboxylic acids is 1. The molecule has 2 N–H and O–H groups in total. The van der Waals surface area contributed by atoms with Gasteiger partial charge in [-0.3, -0.25) is 14.2 Å². The predicted molar refractivity (Wildman–Crippen MR) is 146 cm³/mol. The lowest BCUT2D eigenvalue weighted by Crippen LogP contribution is -2.46. The fourth-order valence-electron chi connectivity index (χ4n) is 6.36. The number of methoxy groups -OCH3 is 1. The van der Waals surface area contributed by atoms with Crippen molar-refractivity contribution in [3.05, 3.63) is 48.5 Å². The number of hydrogen-bond donors (Lipinski definition) is 2. The van der Waals surface area contributed by atoms with Gasteiger partial charge in [0, 0.05) is 54.9 Å². The highest BCUT2D eigenvalue weighted by Crippen LogP contribution is 2.52. The normalized spacial score (nSPS) is 16.8. The molecule has 6 heterocycles. The lowest BCUT2D eigenvalue weighted by atomic mass is 9.72. The Kier molecular flexibility index (Phi) is 5.17. The third kappa shape index (κ3) is 3.20. The first-order valence-corrected chi connectivity index (χ1v) is 13.0. The van der Waals surface area contributed by atoms with Crippen molar-refractivity contribution in [2.24, 2.45) is 7.05 Å². The number of carbonyl (C=O) groups is 1. The maximum absolute atomic E-state index is 13.8. The van der Waals surface area contributed by atoms with Crippen LogP contribution in [0.2, 0.25) is 0 Å². The van der Waals surface area contributed by atoms with E-state index in [1.54, 1.807) is 12.0 Å². The van der Waals surface area contributed by atoms with Crippen LogP contribution in [0.1, 0.15) is 18.4 Å². The molecule has 1 fully saturated rings. The van der Waals surface area contributed by atoms with Crippen LogP contribution >= 0.6 is 0 Å². The van der Waals surface area contributed by atoms with Gasteiger partial charge < -0.3 is 19.9 Å². The summed E-state index contributed by atoms with van der Waals surface area (Å²) in [5.41, 5.74) is 7.28. The van der Waals surface area contributed by atoms with Gasteiger partial charge in [-0.1, -0.05) is 6.07 Å². The third-order valence-corrected chi connectivity index (χ3v) is 8.29. The van der Waals surface area contributed by atoms with E-state index in [9.17, 15) is 4.79 Å². The van der Waals surface area contributed by atoms with Gasteiger partial charge in [0.1, 0.15) is 5.65 Å². The number of nitrogens with zero attached hydrogens (tertiary/aromatic N) is 6. The van der Waals surface area contributed by atoms with Crippen LogP contribution in [0, 0.1) is 0 Å². The monoisotopic (exact) mass is 510 g/mol. The number of benzene rings is 1. The van der Waals surface area contributed by atoms with E-state index in [-0.39, 0.29) is 5.91 Å². The van der Waals surface area contributed by atoms with Crippen LogP contribution in [0.25, 0.3) is 44.3 Å². The molecule has 194 valence electrons. The van der Waals surface area contributed by atoms with Gasteiger partial charge in [-0.15, -0.1) is 0 Å². The van der Waals surface area contributed by atoms with E-state index >= 15 is 0 Å². The summed E-state index contributed by atoms with van der Waals surface area (Å²) in [6, 6.07) is 6.43. The number of pyridine rings is 1. The van der Waals surface area contributed by atoms with E-state index in [2.05, 4.69) is 38.7 Å². The Hall–Kier alpha value is -4.02. The second-order valence-corrected chi connectivity index (χ2v) is 10.3. The van der Waals surface area contributed by atoms with E-state index in [1.807, 2.05) is 48.2 Å². The first kappa shape index (κ1) is 23.1. The molecule has 5 aromatic rings. The van der Waals surface area contributed by atoms with Crippen molar-refractivity contribution in [1.82, 2.24) is 34.8 Å². The Morgan fingerprint density at radius 3 is 2.74 bits per heavy atom. The average molecular weight is 511 g/mol. The third-order valence-electron chi connectivity index (χ3n) is 8.29. The number of aryl methyl sites for hydroxylation is 1. The second-order valence-electron chi connectivity index (χ2n) is 10.3. The molecule has 1 aromatic carbocycles. The van der Waals surface area contributed by atoms with Crippen LogP contribution in [0.4, 0.5) is 5.69 Å². The number of anilines is 1. The molecule has 0 bridgehead atoms. The minimum absolute atomic E-state index is 0.159. The van der Waals surface area contributed by atoms with Crippen molar-refractivity contribution in [3.8, 4) is 22.4 Å². The molecule has 0 aliphatic carbocycles. The highest BCUT2D eigenvalue weighted by molar-refractivity contribution is 6.16. The summed E-state index contributed by atoms with van der Waals surface area (Å²) in [5, 5.41) is 14.6. The number of aromatic amines is 1. The molecule has 1 spiro atoms. The highest BCUT2D eigenvalue weighted by atomic mass is 16.5. The Morgan fingerprint density at radius 1 is 1.08 bits per heavy atom. The first-order chi connectivity index (χ1) is 18.5. The Bertz CT molecular complexity index is 1700. The minimum atomic E-state index is -0.564. The Labute approximate surface area is 219 Å². The number of hydrogen-bond acceptors (Lipinski definition) is 6. The van der Waals surface area contributed by atoms with E-state index in [4.69, 9.17) is 9.72 Å². The highest BCUT2D eigenvalue weighted by Gasteiger charge is 2.52. The zero-order chi connectivity index (χ0) is 26.0. The topological polar surface area (TPSA) is 106 Å². The SMILES string of the molecule is COCCn1cc(-c2[nH]c3ncc4c(c3c2-c2ccc3c(cnn3C)c2)C2(CCNCC2)C(=O)N4C)cn1. The molecule has 7 rings (SSSR count). The van der Waals surface area contributed by atoms with Crippen molar-refractivity contribution in [2.45, 2.75) is 24.8 Å². The van der Waals surface area contributed by atoms with Crippen LogP contribution in [0.5, 0.6) is 0 Å². The van der Waals surface area contributed by atoms with E-state index in [0.29, 0.717) is 13.2 Å². The number of aromatic nitrogens is 6. The Balaban J connectivity index is 1.54. The smallest absolute Gasteiger partial charge is 0.237 e. The molecule has 1 saturated heterocycles. The number of rotatable bonds is 5. The minimum Gasteiger partial charge on any atom is -0.383 e. The molecule has 0 unspecified atom stereocenters. The molecular formula is C28H30N8O2. The predicted octanol–water partition coefficient (Wildman–Crippen LogP) is 3.22. The van der Waals surface area contributed by atoms with Gasteiger partial charge in [-0.2, -0.15) is 10.2 Å². The van der Waals surface area contributed by atoms with Crippen molar-refractivity contribution in [1.29, 1.82) is 0 Å². The van der Waals surface area contributed by atoms with Crippen molar-refractivity contribution in [2.75, 3.05) is 38.8 Å². The van der Waals surface area contributed by atoms with Gasteiger partial charge in [0.25, 0.3) is 0 Å². The molecule has 38 heavy (non-hydrogen) atoms. The molecule has 10 nitrogen and oxygen atoms in total. The standard InChI is InChI=1S/C28H30N8O2/c1-34-21-15-30-26-23(24(21)28(27(34)37)6-8-29-9-7-28)22(17-4-5-20-18(12-17)13-31-35(20)2)25(33-26)19-14-32-36(16-19)10-11-38-3/h4-5,12-16,29H,6-11H2,1-3H3,(H,30,33). The maximum atomic E-state index is 13.8. The summed E-state index contributed by atoms with van der Waals surface area (Å²) in [4.78, 5) is 24.1. The number of amides is 1. The summed E-state index contributed by atoms with van der Waals surface area (Å²) in [6.07, 6.45) is 9.18. The summed E-state index contributed by atoms with van der Waals surface area (Å²) in [5.74, 6) is 0.159. The quantitative estimate of drug-likeness (QED) is 0.376. The molecule has 0 atom stereocenters. The van der Waals surface area contributed by atoms with Crippen molar-refractivity contribution in [3.63, 3.8) is 0 Å². The van der Waals surface area contributed by atoms with Gasteiger partial charge in [0.05, 0.1) is 54.1 Å². The average Bonchev–Trinajstić information content (AvgIpc) is 3.70. The van der Waals surface area contributed by atoms with Crippen LogP contribution in [0.15, 0.2) is 43.0 Å². The number of likely N-dealkylation sites (N-methyl/N-ethyl adjacent to an activating group) is 1. The maximum Gasteiger partial charge on any atom is 0.237 e. The lowest BCUT2D eigenvalue weighted by Gasteiger charge is -2.33. The number of ether oxygens (including phenoxy) is 1. The summed E-state index contributed by atoms with van der Waals surface area (Å²) >= 11 is 0. The molecule has 1 amide bonds. The largest absolute Gasteiger partial charge is 0.383 e. The first-order valence-electron chi connectivity index (χ1n) is 13.0. The molecule has 0 radical (unpaired) electrons. The van der Waals surface area contributed by atoms with Gasteiger partial charge in [-0.25, -0.2) is 4.98 Å². The fourth-order valence-corrected chi connectivity index (χ4v) is 6.36. The number of piperidine rings is 1. The van der Waals surface area contributed by atoms with Crippen LogP contribution in [0.3, 0.4) is 0 Å². The van der Waals surface area contributed by atoms with Crippen LogP contribution < -0.4 is 10.2 Å². The summed E-state index contributed by atoms with van der Waals surface area (Å²) in [6.45, 7) is 2.86. The zero-order valence-corrected chi connectivity index (χ0v) is 21.8. The van der Waals surface area contributed by atoms with E-state index in [0.717, 1.165) is 81.5 Å². The van der Waals surface area contributed by atoms with E-state index in [1.165, 1.54) is 0 Å². The van der Waals surface area contributed by atoms with Gasteiger partial charge >= 0.3 is 0 Å². The molecule has 4 aromatic heterocycles. The summed E-state index contributed by atoms with van der Waals surface area (Å²) < 4.78 is 9.02. The zero-order valence-electron chi connectivity index (χ0n) is 21.8. The van der Waals surface area contributed by atoms with Gasteiger partial charge in [0.2, 0.25) is 5.91 Å². The van der Waals surface area contributed by atoms with Crippen molar-refractivity contribution >= 4 is 33.5 Å². The summed E-state index contributed by atoms with van der Waals surface area (Å²) in [7, 11) is 5.52. The van der Waals surface area contributed by atoms with Crippen LogP contribution in [-0.4, -0.2) is 69.3 Å². The van der Waals surface area contributed by atoms with Gasteiger partial charge in [-0.05, 0) is 43.6 Å². The number of nitrogens with one attached hydrogen (secondary N) is 2. The molecule has 10 heteroatoms. The van der Waals surface area contributed by atoms with Crippen LogP contribution in [-0.2, 0) is 28.5 Å². The lowest BCUT2D eigenvalue weighted by molar-refractivity contribution is -0.123. The number of H-pyrrole nitrogens is 1. The Morgan fingerprint density at radius 2 is 1.92 bits per heavy atom. The molecule has 2 aliphatic heterocycles. The van der Waals surface area contributed by atoms with Crippen molar-refractivity contribution < 1.29 is 9.53 Å². The van der Waals surface area contributed by atoms with E-state index < -0.39 is 5.41 Å². The molecule has 2 aliphatic rings. The molecular weight excluding hydrogens is 480 g/mol. The molecule has 0 saturated carbocycles. The fraction of sp³-hybridized carbons (Fsp3) is 0.357. The van der Waals surface area contributed by atoms with Gasteiger partial charge in [0.15, 0.2) is 0 Å².